The predicted molar refractivity (Wildman–Crippen MR) is 82.1 cm³/mol. The summed E-state index contributed by atoms with van der Waals surface area (Å²) in [5.41, 5.74) is 0.998. The highest BCUT2D eigenvalue weighted by molar-refractivity contribution is 5.57. The number of halogens is 3. The van der Waals surface area contributed by atoms with Gasteiger partial charge in [-0.15, -0.1) is 0 Å². The SMILES string of the molecule is CCCc1ccc(N(C)c2ncc(C(F)(F)F)c(OC)n2)cc1. The van der Waals surface area contributed by atoms with Gasteiger partial charge in [-0.1, -0.05) is 25.5 Å². The van der Waals surface area contributed by atoms with E-state index < -0.39 is 17.6 Å². The highest BCUT2D eigenvalue weighted by atomic mass is 19.4. The molecule has 7 heteroatoms. The third-order valence-electron chi connectivity index (χ3n) is 3.40. The molecule has 0 saturated heterocycles. The maximum atomic E-state index is 12.8. The van der Waals surface area contributed by atoms with Gasteiger partial charge in [0.25, 0.3) is 0 Å². The number of hydrogen-bond acceptors (Lipinski definition) is 4. The van der Waals surface area contributed by atoms with Gasteiger partial charge in [-0.05, 0) is 24.1 Å². The Labute approximate surface area is 132 Å². The average molecular weight is 325 g/mol. The topological polar surface area (TPSA) is 38.2 Å². The van der Waals surface area contributed by atoms with Crippen LogP contribution in [-0.2, 0) is 12.6 Å². The normalized spacial score (nSPS) is 11.4. The van der Waals surface area contributed by atoms with Crippen molar-refractivity contribution >= 4 is 11.6 Å². The average Bonchev–Trinajstić information content (AvgIpc) is 2.53. The van der Waals surface area contributed by atoms with E-state index in [9.17, 15) is 13.2 Å². The first-order chi connectivity index (χ1) is 10.9. The van der Waals surface area contributed by atoms with Gasteiger partial charge in [0.05, 0.1) is 7.11 Å². The minimum absolute atomic E-state index is 0.137. The van der Waals surface area contributed by atoms with E-state index >= 15 is 0 Å². The smallest absolute Gasteiger partial charge is 0.423 e. The van der Waals surface area contributed by atoms with E-state index in [4.69, 9.17) is 4.74 Å². The second-order valence-electron chi connectivity index (χ2n) is 5.07. The van der Waals surface area contributed by atoms with E-state index in [1.54, 1.807) is 11.9 Å². The monoisotopic (exact) mass is 325 g/mol. The zero-order valence-electron chi connectivity index (χ0n) is 13.2. The Bertz CT molecular complexity index is 657. The molecule has 0 spiro atoms. The lowest BCUT2D eigenvalue weighted by Crippen LogP contribution is -2.16. The zero-order valence-corrected chi connectivity index (χ0v) is 13.2. The van der Waals surface area contributed by atoms with E-state index in [0.29, 0.717) is 0 Å². The lowest BCUT2D eigenvalue weighted by molar-refractivity contribution is -0.139. The van der Waals surface area contributed by atoms with Crippen LogP contribution in [0.4, 0.5) is 24.8 Å². The number of alkyl halides is 3. The van der Waals surface area contributed by atoms with Gasteiger partial charge in [-0.3, -0.25) is 0 Å². The van der Waals surface area contributed by atoms with E-state index in [2.05, 4.69) is 16.9 Å². The predicted octanol–water partition coefficient (Wildman–Crippen LogP) is 4.22. The molecule has 0 amide bonds. The number of rotatable bonds is 5. The fraction of sp³-hybridized carbons (Fsp3) is 0.375. The van der Waals surface area contributed by atoms with Crippen LogP contribution in [-0.4, -0.2) is 24.1 Å². The molecule has 0 aliphatic heterocycles. The molecular weight excluding hydrogens is 307 g/mol. The van der Waals surface area contributed by atoms with Crippen molar-refractivity contribution < 1.29 is 17.9 Å². The molecule has 4 nitrogen and oxygen atoms in total. The number of aromatic nitrogens is 2. The molecule has 0 unspecified atom stereocenters. The lowest BCUT2D eigenvalue weighted by atomic mass is 10.1. The summed E-state index contributed by atoms with van der Waals surface area (Å²) in [4.78, 5) is 9.28. The third-order valence-corrected chi connectivity index (χ3v) is 3.40. The van der Waals surface area contributed by atoms with Crippen LogP contribution in [0.2, 0.25) is 0 Å². The van der Waals surface area contributed by atoms with E-state index in [1.165, 1.54) is 5.56 Å². The molecule has 2 rings (SSSR count). The first kappa shape index (κ1) is 17.1. The van der Waals surface area contributed by atoms with Crippen LogP contribution in [0.3, 0.4) is 0 Å². The van der Waals surface area contributed by atoms with Crippen molar-refractivity contribution in [2.24, 2.45) is 0 Å². The van der Waals surface area contributed by atoms with Crippen molar-refractivity contribution in [3.63, 3.8) is 0 Å². The van der Waals surface area contributed by atoms with Gasteiger partial charge in [0.15, 0.2) is 0 Å². The molecule has 1 aromatic heterocycles. The molecule has 2 aromatic rings. The maximum Gasteiger partial charge on any atom is 0.423 e. The maximum absolute atomic E-state index is 12.8. The molecule has 1 aromatic carbocycles. The summed E-state index contributed by atoms with van der Waals surface area (Å²) in [7, 11) is 2.84. The number of methoxy groups -OCH3 is 1. The number of hydrogen-bond donors (Lipinski definition) is 0. The second-order valence-corrected chi connectivity index (χ2v) is 5.07. The van der Waals surface area contributed by atoms with Crippen LogP contribution >= 0.6 is 0 Å². The Balaban J connectivity index is 2.30. The van der Waals surface area contributed by atoms with Crippen LogP contribution in [0.1, 0.15) is 24.5 Å². The molecule has 0 N–H and O–H groups in total. The summed E-state index contributed by atoms with van der Waals surface area (Å²) in [5.74, 6) is -0.352. The molecule has 0 atom stereocenters. The molecule has 0 radical (unpaired) electrons. The van der Waals surface area contributed by atoms with Crippen molar-refractivity contribution in [2.45, 2.75) is 25.9 Å². The molecule has 0 fully saturated rings. The Kier molecular flexibility index (Phi) is 5.08. The van der Waals surface area contributed by atoms with Crippen LogP contribution in [0.5, 0.6) is 5.88 Å². The molecule has 0 aliphatic rings. The summed E-state index contributed by atoms with van der Waals surface area (Å²) in [5, 5.41) is 0. The Morgan fingerprint density at radius 2 is 1.83 bits per heavy atom. The van der Waals surface area contributed by atoms with Crippen molar-refractivity contribution in [2.75, 3.05) is 19.1 Å². The number of anilines is 2. The van der Waals surface area contributed by atoms with Gasteiger partial charge in [-0.25, -0.2) is 4.98 Å². The third kappa shape index (κ3) is 3.91. The van der Waals surface area contributed by atoms with Gasteiger partial charge in [-0.2, -0.15) is 18.2 Å². The highest BCUT2D eigenvalue weighted by Crippen LogP contribution is 2.35. The summed E-state index contributed by atoms with van der Waals surface area (Å²) in [6.07, 6.45) is -1.78. The van der Waals surface area contributed by atoms with Crippen LogP contribution in [0, 0.1) is 0 Å². The standard InChI is InChI=1S/C16H18F3N3O/c1-4-5-11-6-8-12(9-7-11)22(2)15-20-10-13(16(17,18)19)14(21-15)23-3/h6-10H,4-5H2,1-3H3. The van der Waals surface area contributed by atoms with Crippen molar-refractivity contribution in [1.82, 2.24) is 9.97 Å². The number of benzene rings is 1. The first-order valence-corrected chi connectivity index (χ1v) is 7.17. The van der Waals surface area contributed by atoms with Gasteiger partial charge >= 0.3 is 6.18 Å². The molecule has 23 heavy (non-hydrogen) atoms. The molecule has 0 bridgehead atoms. The highest BCUT2D eigenvalue weighted by Gasteiger charge is 2.36. The van der Waals surface area contributed by atoms with Crippen molar-refractivity contribution in [1.29, 1.82) is 0 Å². The van der Waals surface area contributed by atoms with Gasteiger partial charge in [0, 0.05) is 18.9 Å². The van der Waals surface area contributed by atoms with Crippen LogP contribution < -0.4 is 9.64 Å². The molecular formula is C16H18F3N3O. The summed E-state index contributed by atoms with van der Waals surface area (Å²) in [6.45, 7) is 2.10. The fourth-order valence-corrected chi connectivity index (χ4v) is 2.16. The molecule has 124 valence electrons. The summed E-state index contributed by atoms with van der Waals surface area (Å²) < 4.78 is 43.3. The number of nitrogens with zero attached hydrogens (tertiary/aromatic N) is 3. The molecule has 1 heterocycles. The summed E-state index contributed by atoms with van der Waals surface area (Å²) >= 11 is 0. The van der Waals surface area contributed by atoms with Gasteiger partial charge in [0.1, 0.15) is 5.56 Å². The first-order valence-electron chi connectivity index (χ1n) is 7.17. The second kappa shape index (κ2) is 6.85. The van der Waals surface area contributed by atoms with E-state index in [-0.39, 0.29) is 5.95 Å². The van der Waals surface area contributed by atoms with Crippen molar-refractivity contribution in [3.05, 3.63) is 41.6 Å². The van der Waals surface area contributed by atoms with E-state index in [1.807, 2.05) is 24.3 Å². The van der Waals surface area contributed by atoms with Crippen LogP contribution in [0.25, 0.3) is 0 Å². The minimum Gasteiger partial charge on any atom is -0.480 e. The number of aryl methyl sites for hydroxylation is 1. The van der Waals surface area contributed by atoms with E-state index in [0.717, 1.165) is 31.8 Å². The number of ether oxygens (including phenoxy) is 1. The quantitative estimate of drug-likeness (QED) is 0.825. The zero-order chi connectivity index (χ0) is 17.0. The molecule has 0 saturated carbocycles. The van der Waals surface area contributed by atoms with Crippen molar-refractivity contribution in [3.8, 4) is 5.88 Å². The van der Waals surface area contributed by atoms with Gasteiger partial charge < -0.3 is 9.64 Å². The Morgan fingerprint density at radius 3 is 2.35 bits per heavy atom. The summed E-state index contributed by atoms with van der Waals surface area (Å²) in [6, 6.07) is 7.74. The Morgan fingerprint density at radius 1 is 1.17 bits per heavy atom. The Hall–Kier alpha value is -2.31. The molecule has 0 aliphatic carbocycles. The largest absolute Gasteiger partial charge is 0.480 e. The lowest BCUT2D eigenvalue weighted by Gasteiger charge is -2.19. The minimum atomic E-state index is -4.55. The van der Waals surface area contributed by atoms with Crippen LogP contribution in [0.15, 0.2) is 30.5 Å². The van der Waals surface area contributed by atoms with Gasteiger partial charge in [0.2, 0.25) is 11.8 Å². The fourth-order valence-electron chi connectivity index (χ4n) is 2.16.